The second-order valence-electron chi connectivity index (χ2n) is 4.76. The number of hydrogen-bond acceptors (Lipinski definition) is 4. The van der Waals surface area contributed by atoms with E-state index in [-0.39, 0.29) is 11.1 Å². The van der Waals surface area contributed by atoms with Crippen molar-refractivity contribution in [1.29, 1.82) is 0 Å². The van der Waals surface area contributed by atoms with Crippen molar-refractivity contribution < 1.29 is 9.21 Å². The number of hydrogen-bond donors (Lipinski definition) is 1. The molecule has 0 atom stereocenters. The van der Waals surface area contributed by atoms with Crippen LogP contribution in [0.3, 0.4) is 0 Å². The van der Waals surface area contributed by atoms with Crippen molar-refractivity contribution in [2.24, 2.45) is 0 Å². The maximum atomic E-state index is 12.1. The highest BCUT2D eigenvalue weighted by molar-refractivity contribution is 6.32. The summed E-state index contributed by atoms with van der Waals surface area (Å²) in [5, 5.41) is 3.52. The minimum Gasteiger partial charge on any atom is -0.452 e. The summed E-state index contributed by atoms with van der Waals surface area (Å²) < 4.78 is 4.95. The van der Waals surface area contributed by atoms with Crippen LogP contribution in [0.4, 0.5) is 0 Å². The fourth-order valence-corrected chi connectivity index (χ4v) is 2.71. The Balaban J connectivity index is 1.55. The molecule has 6 heteroatoms. The summed E-state index contributed by atoms with van der Waals surface area (Å²) in [7, 11) is 0. The molecule has 1 amide bonds. The average molecular weight is 270 g/mol. The van der Waals surface area contributed by atoms with Gasteiger partial charge in [0.15, 0.2) is 0 Å². The number of nitrogens with zero attached hydrogens (tertiary/aromatic N) is 2. The van der Waals surface area contributed by atoms with Crippen molar-refractivity contribution in [3.8, 4) is 0 Å². The number of nitrogens with one attached hydrogen (secondary N) is 1. The zero-order valence-corrected chi connectivity index (χ0v) is 10.8. The van der Waals surface area contributed by atoms with E-state index in [2.05, 4.69) is 10.2 Å². The predicted molar refractivity (Wildman–Crippen MR) is 67.9 cm³/mol. The summed E-state index contributed by atoms with van der Waals surface area (Å²) in [4.78, 5) is 16.4. The SMILES string of the molecule is O=C(c1ccoc1Cl)N1CC(N2CCNCC2)C1. The molecule has 3 rings (SSSR count). The molecule has 2 fully saturated rings. The van der Waals surface area contributed by atoms with Gasteiger partial charge in [0.1, 0.15) is 0 Å². The molecule has 1 aromatic rings. The Morgan fingerprint density at radius 1 is 1.39 bits per heavy atom. The fraction of sp³-hybridized carbons (Fsp3) is 0.583. The third-order valence-electron chi connectivity index (χ3n) is 3.67. The van der Waals surface area contributed by atoms with Gasteiger partial charge in [-0.3, -0.25) is 9.69 Å². The molecule has 0 spiro atoms. The van der Waals surface area contributed by atoms with Gasteiger partial charge in [-0.25, -0.2) is 0 Å². The summed E-state index contributed by atoms with van der Waals surface area (Å²) in [6, 6.07) is 2.13. The molecule has 2 aliphatic rings. The first-order valence-electron chi connectivity index (χ1n) is 6.23. The molecule has 0 bridgehead atoms. The highest BCUT2D eigenvalue weighted by Crippen LogP contribution is 2.23. The van der Waals surface area contributed by atoms with Gasteiger partial charge in [0, 0.05) is 45.3 Å². The molecular formula is C12H16ClN3O2. The van der Waals surface area contributed by atoms with Crippen molar-refractivity contribution in [3.05, 3.63) is 23.1 Å². The number of piperazine rings is 1. The second kappa shape index (κ2) is 4.91. The lowest BCUT2D eigenvalue weighted by Gasteiger charge is -2.46. The van der Waals surface area contributed by atoms with Crippen molar-refractivity contribution in [2.75, 3.05) is 39.3 Å². The lowest BCUT2D eigenvalue weighted by molar-refractivity contribution is 0.0227. The predicted octanol–water partition coefficient (Wildman–Crippen LogP) is 0.663. The lowest BCUT2D eigenvalue weighted by atomic mass is 10.1. The van der Waals surface area contributed by atoms with Crippen LogP contribution >= 0.6 is 11.6 Å². The molecule has 18 heavy (non-hydrogen) atoms. The number of furan rings is 1. The Morgan fingerprint density at radius 2 is 2.11 bits per heavy atom. The Bertz CT molecular complexity index is 436. The van der Waals surface area contributed by atoms with Crippen LogP contribution in [0.15, 0.2) is 16.7 Å². The quantitative estimate of drug-likeness (QED) is 0.857. The number of amides is 1. The number of carbonyl (C=O) groups excluding carboxylic acids is 1. The van der Waals surface area contributed by atoms with E-state index in [9.17, 15) is 4.79 Å². The molecule has 0 aliphatic carbocycles. The van der Waals surface area contributed by atoms with Crippen LogP contribution in [-0.2, 0) is 0 Å². The van der Waals surface area contributed by atoms with Crippen molar-refractivity contribution >= 4 is 17.5 Å². The minimum absolute atomic E-state index is 0.0277. The summed E-state index contributed by atoms with van der Waals surface area (Å²) >= 11 is 5.81. The van der Waals surface area contributed by atoms with Gasteiger partial charge >= 0.3 is 0 Å². The first-order chi connectivity index (χ1) is 8.75. The van der Waals surface area contributed by atoms with Crippen LogP contribution in [0.5, 0.6) is 0 Å². The molecule has 2 saturated heterocycles. The van der Waals surface area contributed by atoms with Crippen LogP contribution in [0, 0.1) is 0 Å². The van der Waals surface area contributed by atoms with Crippen molar-refractivity contribution in [3.63, 3.8) is 0 Å². The lowest BCUT2D eigenvalue weighted by Crippen LogP contribution is -2.63. The topological polar surface area (TPSA) is 48.7 Å². The summed E-state index contributed by atoms with van der Waals surface area (Å²) in [6.07, 6.45) is 1.45. The number of likely N-dealkylation sites (tertiary alicyclic amines) is 1. The summed E-state index contributed by atoms with van der Waals surface area (Å²) in [5.41, 5.74) is 0.468. The van der Waals surface area contributed by atoms with Gasteiger partial charge in [-0.05, 0) is 17.7 Å². The highest BCUT2D eigenvalue weighted by atomic mass is 35.5. The second-order valence-corrected chi connectivity index (χ2v) is 5.10. The summed E-state index contributed by atoms with van der Waals surface area (Å²) in [6.45, 7) is 5.80. The van der Waals surface area contributed by atoms with Crippen molar-refractivity contribution in [2.45, 2.75) is 6.04 Å². The number of carbonyl (C=O) groups is 1. The molecule has 0 saturated carbocycles. The Labute approximate surface area is 111 Å². The van der Waals surface area contributed by atoms with Gasteiger partial charge in [-0.1, -0.05) is 0 Å². The molecule has 5 nitrogen and oxygen atoms in total. The molecule has 3 heterocycles. The van der Waals surface area contributed by atoms with E-state index in [1.54, 1.807) is 6.07 Å². The van der Waals surface area contributed by atoms with Gasteiger partial charge in [-0.15, -0.1) is 0 Å². The molecular weight excluding hydrogens is 254 g/mol. The summed E-state index contributed by atoms with van der Waals surface area (Å²) in [5.74, 6) is -0.0277. The molecule has 0 unspecified atom stereocenters. The average Bonchev–Trinajstić information content (AvgIpc) is 2.75. The molecule has 0 aromatic carbocycles. The largest absolute Gasteiger partial charge is 0.452 e. The third-order valence-corrected chi connectivity index (χ3v) is 3.96. The first-order valence-corrected chi connectivity index (χ1v) is 6.60. The number of halogens is 1. The van der Waals surface area contributed by atoms with Crippen LogP contribution in [0.25, 0.3) is 0 Å². The Morgan fingerprint density at radius 3 is 2.72 bits per heavy atom. The minimum atomic E-state index is -0.0277. The van der Waals surface area contributed by atoms with Gasteiger partial charge in [0.25, 0.3) is 5.91 Å². The molecule has 1 aromatic heterocycles. The number of rotatable bonds is 2. The van der Waals surface area contributed by atoms with E-state index in [0.717, 1.165) is 39.3 Å². The van der Waals surface area contributed by atoms with Crippen molar-refractivity contribution in [1.82, 2.24) is 15.1 Å². The van der Waals surface area contributed by atoms with Crippen LogP contribution in [0.2, 0.25) is 5.22 Å². The van der Waals surface area contributed by atoms with Crippen LogP contribution in [0.1, 0.15) is 10.4 Å². The van der Waals surface area contributed by atoms with Gasteiger partial charge in [0.05, 0.1) is 11.8 Å². The highest BCUT2D eigenvalue weighted by Gasteiger charge is 2.36. The van der Waals surface area contributed by atoms with Crippen LogP contribution < -0.4 is 5.32 Å². The normalized spacial score (nSPS) is 21.9. The van der Waals surface area contributed by atoms with Crippen LogP contribution in [-0.4, -0.2) is 61.0 Å². The molecule has 2 aliphatic heterocycles. The van der Waals surface area contributed by atoms with E-state index in [1.807, 2.05) is 4.90 Å². The monoisotopic (exact) mass is 269 g/mol. The fourth-order valence-electron chi connectivity index (χ4n) is 2.52. The third kappa shape index (κ3) is 2.13. The molecule has 0 radical (unpaired) electrons. The maximum absolute atomic E-state index is 12.1. The van der Waals surface area contributed by atoms with Gasteiger partial charge < -0.3 is 14.6 Å². The molecule has 98 valence electrons. The van der Waals surface area contributed by atoms with E-state index in [0.29, 0.717) is 11.6 Å². The first kappa shape index (κ1) is 12.0. The Kier molecular flexibility index (Phi) is 3.28. The van der Waals surface area contributed by atoms with E-state index >= 15 is 0 Å². The zero-order chi connectivity index (χ0) is 12.5. The van der Waals surface area contributed by atoms with Gasteiger partial charge in [-0.2, -0.15) is 0 Å². The van der Waals surface area contributed by atoms with E-state index < -0.39 is 0 Å². The zero-order valence-electron chi connectivity index (χ0n) is 10.1. The van der Waals surface area contributed by atoms with E-state index in [1.165, 1.54) is 6.26 Å². The van der Waals surface area contributed by atoms with E-state index in [4.69, 9.17) is 16.0 Å². The van der Waals surface area contributed by atoms with Gasteiger partial charge in [0.2, 0.25) is 5.22 Å². The smallest absolute Gasteiger partial charge is 0.258 e. The maximum Gasteiger partial charge on any atom is 0.258 e. The Hall–Kier alpha value is -1.04. The standard InChI is InChI=1S/C12H16ClN3O2/c13-11-10(1-6-18-11)12(17)16-7-9(8-16)15-4-2-14-3-5-15/h1,6,9,14H,2-5,7-8H2. The molecule has 1 N–H and O–H groups in total.